The first-order valence-corrected chi connectivity index (χ1v) is 10.6. The number of nitrogens with zero attached hydrogens (tertiary/aromatic N) is 4. The van der Waals surface area contributed by atoms with E-state index in [-0.39, 0.29) is 35.8 Å². The first-order chi connectivity index (χ1) is 14.6. The van der Waals surface area contributed by atoms with Crippen molar-refractivity contribution >= 4 is 28.7 Å². The van der Waals surface area contributed by atoms with Gasteiger partial charge >= 0.3 is 0 Å². The number of pyridine rings is 2. The highest BCUT2D eigenvalue weighted by Gasteiger charge is 2.21. The van der Waals surface area contributed by atoms with Gasteiger partial charge in [-0.2, -0.15) is 0 Å². The molecule has 0 atom stereocenters. The van der Waals surface area contributed by atoms with E-state index >= 15 is 0 Å². The van der Waals surface area contributed by atoms with Crippen LogP contribution in [0.5, 0.6) is 0 Å². The maximum absolute atomic E-state index is 12.5. The van der Waals surface area contributed by atoms with E-state index in [0.29, 0.717) is 0 Å². The smallest absolute Gasteiger partial charge is 0.188 e. The molecule has 0 radical (unpaired) electrons. The van der Waals surface area contributed by atoms with Gasteiger partial charge in [0.2, 0.25) is 0 Å². The van der Waals surface area contributed by atoms with E-state index < -0.39 is 5.78 Å². The lowest BCUT2D eigenvalue weighted by Gasteiger charge is -2.17. The molecule has 0 unspecified atom stereocenters. The van der Waals surface area contributed by atoms with E-state index in [1.165, 1.54) is 0 Å². The number of hydrogen-bond donors (Lipinski definition) is 0. The van der Waals surface area contributed by atoms with Gasteiger partial charge in [-0.25, -0.2) is 0 Å². The molecule has 30 heavy (non-hydrogen) atoms. The third kappa shape index (κ3) is 4.72. The van der Waals surface area contributed by atoms with Gasteiger partial charge in [0.25, 0.3) is 0 Å². The zero-order chi connectivity index (χ0) is 20.9. The van der Waals surface area contributed by atoms with Gasteiger partial charge in [0, 0.05) is 49.9 Å². The highest BCUT2D eigenvalue weighted by molar-refractivity contribution is 6.14. The van der Waals surface area contributed by atoms with Crippen molar-refractivity contribution in [3.05, 3.63) is 48.0 Å². The van der Waals surface area contributed by atoms with Gasteiger partial charge in [-0.15, -0.1) is 0 Å². The topological polar surface area (TPSA) is 83.5 Å². The second kappa shape index (κ2) is 9.15. The first-order valence-electron chi connectivity index (χ1n) is 10.6. The number of carbonyl (C=O) groups is 3. The van der Waals surface area contributed by atoms with Gasteiger partial charge in [0.1, 0.15) is 17.2 Å². The van der Waals surface area contributed by atoms with Crippen LogP contribution in [0.3, 0.4) is 0 Å². The van der Waals surface area contributed by atoms with Crippen LogP contribution in [0.2, 0.25) is 0 Å². The zero-order valence-electron chi connectivity index (χ0n) is 17.0. The van der Waals surface area contributed by atoms with Crippen molar-refractivity contribution in [2.75, 3.05) is 36.0 Å². The van der Waals surface area contributed by atoms with E-state index in [2.05, 4.69) is 19.8 Å². The van der Waals surface area contributed by atoms with Gasteiger partial charge in [-0.1, -0.05) is 0 Å². The van der Waals surface area contributed by atoms with E-state index in [1.54, 1.807) is 24.5 Å². The normalized spacial score (nSPS) is 16.1. The maximum atomic E-state index is 12.5. The first kappa shape index (κ1) is 20.2. The predicted molar refractivity (Wildman–Crippen MR) is 114 cm³/mol. The van der Waals surface area contributed by atoms with Crippen LogP contribution in [-0.4, -0.2) is 53.5 Å². The molecule has 156 valence electrons. The van der Waals surface area contributed by atoms with Crippen molar-refractivity contribution in [1.82, 2.24) is 9.97 Å². The summed E-state index contributed by atoms with van der Waals surface area (Å²) in [5, 5.41) is 0. The molecule has 0 bridgehead atoms. The Morgan fingerprint density at radius 2 is 1.10 bits per heavy atom. The fraction of sp³-hybridized carbons (Fsp3) is 0.435. The molecule has 0 saturated carbocycles. The lowest BCUT2D eigenvalue weighted by Crippen LogP contribution is -2.19. The highest BCUT2D eigenvalue weighted by Crippen LogP contribution is 2.22. The molecule has 2 aliphatic rings. The van der Waals surface area contributed by atoms with Crippen LogP contribution in [0.15, 0.2) is 36.7 Å². The lowest BCUT2D eigenvalue weighted by atomic mass is 10.0. The van der Waals surface area contributed by atoms with Crippen molar-refractivity contribution in [2.24, 2.45) is 0 Å². The number of rotatable bonds is 8. The molecular weight excluding hydrogens is 380 g/mol. The Hall–Kier alpha value is -3.09. The quantitative estimate of drug-likeness (QED) is 0.492. The second-order valence-corrected chi connectivity index (χ2v) is 7.93. The second-order valence-electron chi connectivity index (χ2n) is 7.93. The van der Waals surface area contributed by atoms with Crippen LogP contribution in [0.25, 0.3) is 0 Å². The Kier molecular flexibility index (Phi) is 6.16. The van der Waals surface area contributed by atoms with Crippen molar-refractivity contribution in [3.63, 3.8) is 0 Å². The monoisotopic (exact) mass is 406 g/mol. The third-order valence-electron chi connectivity index (χ3n) is 5.72. The van der Waals surface area contributed by atoms with Crippen molar-refractivity contribution in [2.45, 2.75) is 38.5 Å². The molecule has 2 aliphatic heterocycles. The van der Waals surface area contributed by atoms with Gasteiger partial charge < -0.3 is 9.80 Å². The minimum absolute atomic E-state index is 0.273. The SMILES string of the molecule is O=C(CC(=O)c1cc(N2CCCC2)ccn1)CC(=O)c1cc(N2CCCC2)ccn1. The Morgan fingerprint density at radius 3 is 1.50 bits per heavy atom. The third-order valence-corrected chi connectivity index (χ3v) is 5.72. The van der Waals surface area contributed by atoms with E-state index in [1.807, 2.05) is 12.1 Å². The van der Waals surface area contributed by atoms with Gasteiger partial charge in [0.15, 0.2) is 11.6 Å². The fourth-order valence-corrected chi connectivity index (χ4v) is 4.09. The number of anilines is 2. The van der Waals surface area contributed by atoms with Crippen LogP contribution < -0.4 is 9.80 Å². The predicted octanol–water partition coefficient (Wildman–Crippen LogP) is 3.09. The summed E-state index contributed by atoms with van der Waals surface area (Å²) in [5.41, 5.74) is 2.46. The van der Waals surface area contributed by atoms with Crippen LogP contribution in [0, 0.1) is 0 Å². The fourth-order valence-electron chi connectivity index (χ4n) is 4.09. The summed E-state index contributed by atoms with van der Waals surface area (Å²) in [4.78, 5) is 50.1. The molecule has 7 heteroatoms. The summed E-state index contributed by atoms with van der Waals surface area (Å²) in [6.07, 6.45) is 7.10. The standard InChI is InChI=1S/C23H26N4O3/c28-19(15-22(29)20-13-17(5-7-24-20)26-9-1-2-10-26)16-23(30)21-14-18(6-8-25-21)27-11-3-4-12-27/h5-8,13-14H,1-4,9-12,15-16H2. The van der Waals surface area contributed by atoms with Crippen LogP contribution in [0.4, 0.5) is 11.4 Å². The minimum Gasteiger partial charge on any atom is -0.371 e. The Balaban J connectivity index is 1.36. The molecule has 2 aromatic heterocycles. The molecule has 2 aromatic rings. The molecule has 7 nitrogen and oxygen atoms in total. The molecule has 0 aromatic carbocycles. The van der Waals surface area contributed by atoms with E-state index in [4.69, 9.17) is 0 Å². The number of carbonyl (C=O) groups excluding carboxylic acids is 3. The zero-order valence-corrected chi connectivity index (χ0v) is 17.0. The maximum Gasteiger partial charge on any atom is 0.188 e. The Labute approximate surface area is 176 Å². The highest BCUT2D eigenvalue weighted by atomic mass is 16.2. The van der Waals surface area contributed by atoms with Crippen molar-refractivity contribution in [1.29, 1.82) is 0 Å². The molecule has 0 aliphatic carbocycles. The number of aromatic nitrogens is 2. The van der Waals surface area contributed by atoms with Gasteiger partial charge in [-0.05, 0) is 49.9 Å². The Bertz CT molecular complexity index is 871. The minimum atomic E-state index is -0.410. The van der Waals surface area contributed by atoms with Gasteiger partial charge in [-0.3, -0.25) is 24.4 Å². The molecule has 0 spiro atoms. The summed E-state index contributed by atoms with van der Waals surface area (Å²) in [7, 11) is 0. The molecule has 4 rings (SSSR count). The average Bonchev–Trinajstić information content (AvgIpc) is 3.48. The van der Waals surface area contributed by atoms with Crippen LogP contribution in [-0.2, 0) is 4.79 Å². The molecular formula is C23H26N4O3. The molecule has 2 fully saturated rings. The van der Waals surface area contributed by atoms with Crippen molar-refractivity contribution in [3.8, 4) is 0 Å². The summed E-state index contributed by atoms with van der Waals surface area (Å²) in [6, 6.07) is 7.24. The molecule has 0 amide bonds. The van der Waals surface area contributed by atoms with E-state index in [0.717, 1.165) is 63.2 Å². The number of hydrogen-bond acceptors (Lipinski definition) is 7. The number of ketones is 3. The van der Waals surface area contributed by atoms with Crippen molar-refractivity contribution < 1.29 is 14.4 Å². The molecule has 0 N–H and O–H groups in total. The summed E-state index contributed by atoms with van der Waals surface area (Å²) < 4.78 is 0. The summed E-state index contributed by atoms with van der Waals surface area (Å²) >= 11 is 0. The van der Waals surface area contributed by atoms with Crippen LogP contribution in [0.1, 0.15) is 59.5 Å². The lowest BCUT2D eigenvalue weighted by molar-refractivity contribution is -0.117. The Morgan fingerprint density at radius 1 is 0.700 bits per heavy atom. The summed E-state index contributed by atoms with van der Waals surface area (Å²) in [6.45, 7) is 3.87. The summed E-state index contributed by atoms with van der Waals surface area (Å²) in [5.74, 6) is -1.12. The molecule has 2 saturated heterocycles. The molecule has 4 heterocycles. The van der Waals surface area contributed by atoms with Gasteiger partial charge in [0.05, 0.1) is 12.8 Å². The largest absolute Gasteiger partial charge is 0.371 e. The number of Topliss-reactive ketones (excluding diaryl/α,β-unsaturated/α-hetero) is 3. The average molecular weight is 406 g/mol. The van der Waals surface area contributed by atoms with Crippen LogP contribution >= 0.6 is 0 Å². The van der Waals surface area contributed by atoms with E-state index in [9.17, 15) is 14.4 Å².